The maximum Gasteiger partial charge on any atom is 0.277 e. The van der Waals surface area contributed by atoms with Crippen LogP contribution in [0.1, 0.15) is 29.8 Å². The lowest BCUT2D eigenvalue weighted by Gasteiger charge is -2.30. The zero-order valence-electron chi connectivity index (χ0n) is 17.9. The fourth-order valence-corrected chi connectivity index (χ4v) is 4.24. The first-order valence-corrected chi connectivity index (χ1v) is 10.8. The Kier molecular flexibility index (Phi) is 5.46. The van der Waals surface area contributed by atoms with Crippen molar-refractivity contribution in [2.75, 3.05) is 30.4 Å². The van der Waals surface area contributed by atoms with Crippen molar-refractivity contribution >= 4 is 28.1 Å². The van der Waals surface area contributed by atoms with Crippen LogP contribution < -0.4 is 15.0 Å². The molecule has 0 bridgehead atoms. The van der Waals surface area contributed by atoms with Gasteiger partial charge in [0.25, 0.3) is 5.91 Å². The largest absolute Gasteiger partial charge is 0.496 e. The van der Waals surface area contributed by atoms with Crippen molar-refractivity contribution in [2.45, 2.75) is 19.3 Å². The van der Waals surface area contributed by atoms with E-state index in [4.69, 9.17) is 9.26 Å². The number of pyridine rings is 1. The van der Waals surface area contributed by atoms with Crippen molar-refractivity contribution in [3.63, 3.8) is 0 Å². The summed E-state index contributed by atoms with van der Waals surface area (Å²) >= 11 is 0. The Morgan fingerprint density at radius 1 is 1.06 bits per heavy atom. The fraction of sp³-hybridized carbons (Fsp3) is 0.240. The molecule has 162 valence electrons. The number of amides is 1. The molecule has 4 aromatic rings. The SMILES string of the molecule is COc1ccccc1-c1cc(C(=O)Nc2ccc(N3CCCCC3)c3ccncc23)no1. The van der Waals surface area contributed by atoms with Gasteiger partial charge in [0.1, 0.15) is 5.75 Å². The summed E-state index contributed by atoms with van der Waals surface area (Å²) in [5, 5.41) is 8.92. The molecule has 0 radical (unpaired) electrons. The summed E-state index contributed by atoms with van der Waals surface area (Å²) < 4.78 is 10.8. The molecule has 7 nitrogen and oxygen atoms in total. The number of methoxy groups -OCH3 is 1. The van der Waals surface area contributed by atoms with E-state index >= 15 is 0 Å². The molecule has 1 amide bonds. The summed E-state index contributed by atoms with van der Waals surface area (Å²) in [6.07, 6.45) is 7.26. The summed E-state index contributed by atoms with van der Waals surface area (Å²) in [5.74, 6) is 0.784. The quantitative estimate of drug-likeness (QED) is 0.474. The number of nitrogens with one attached hydrogen (secondary N) is 1. The summed E-state index contributed by atoms with van der Waals surface area (Å²) in [4.78, 5) is 19.6. The number of hydrogen-bond donors (Lipinski definition) is 1. The van der Waals surface area contributed by atoms with Gasteiger partial charge in [0, 0.05) is 48.0 Å². The number of carbonyl (C=O) groups is 1. The predicted octanol–water partition coefficient (Wildman–Crippen LogP) is 5.14. The molecule has 0 atom stereocenters. The lowest BCUT2D eigenvalue weighted by Crippen LogP contribution is -2.29. The van der Waals surface area contributed by atoms with E-state index in [2.05, 4.69) is 26.4 Å². The van der Waals surface area contributed by atoms with Crippen LogP contribution in [0.2, 0.25) is 0 Å². The number of anilines is 2. The number of hydrogen-bond acceptors (Lipinski definition) is 6. The number of ether oxygens (including phenoxy) is 1. The molecular weight excluding hydrogens is 404 g/mol. The van der Waals surface area contributed by atoms with Crippen LogP contribution in [0.3, 0.4) is 0 Å². The second-order valence-electron chi connectivity index (χ2n) is 7.83. The van der Waals surface area contributed by atoms with Crippen LogP contribution >= 0.6 is 0 Å². The number of piperidine rings is 1. The molecule has 0 spiro atoms. The van der Waals surface area contributed by atoms with Gasteiger partial charge in [-0.1, -0.05) is 17.3 Å². The Hall–Kier alpha value is -3.87. The molecular formula is C25H24N4O3. The van der Waals surface area contributed by atoms with Crippen molar-refractivity contribution in [3.8, 4) is 17.1 Å². The smallest absolute Gasteiger partial charge is 0.277 e. The van der Waals surface area contributed by atoms with Crippen LogP contribution in [0.4, 0.5) is 11.4 Å². The molecule has 32 heavy (non-hydrogen) atoms. The van der Waals surface area contributed by atoms with E-state index in [9.17, 15) is 4.79 Å². The van der Waals surface area contributed by atoms with Crippen LogP contribution in [0, 0.1) is 0 Å². The average molecular weight is 428 g/mol. The standard InChI is InChI=1S/C25H24N4O3/c1-31-23-8-4-3-7-18(23)24-15-21(28-32-24)25(30)27-20-9-10-22(29-13-5-2-6-14-29)17-11-12-26-16-19(17)20/h3-4,7-12,15-16H,2,5-6,13-14H2,1H3,(H,27,30). The van der Waals surface area contributed by atoms with Crippen LogP contribution in [0.5, 0.6) is 5.75 Å². The second-order valence-corrected chi connectivity index (χ2v) is 7.83. The highest BCUT2D eigenvalue weighted by Gasteiger charge is 2.19. The molecule has 2 aromatic heterocycles. The maximum atomic E-state index is 12.9. The van der Waals surface area contributed by atoms with Crippen LogP contribution in [0.25, 0.3) is 22.1 Å². The zero-order valence-corrected chi connectivity index (χ0v) is 17.9. The van der Waals surface area contributed by atoms with Gasteiger partial charge in [-0.2, -0.15) is 0 Å². The lowest BCUT2D eigenvalue weighted by atomic mass is 10.0. The summed E-state index contributed by atoms with van der Waals surface area (Å²) in [6.45, 7) is 2.10. The normalized spacial score (nSPS) is 13.8. The summed E-state index contributed by atoms with van der Waals surface area (Å²) in [7, 11) is 1.59. The van der Waals surface area contributed by atoms with Gasteiger partial charge in [0.15, 0.2) is 11.5 Å². The van der Waals surface area contributed by atoms with Crippen molar-refractivity contribution < 1.29 is 14.1 Å². The van der Waals surface area contributed by atoms with E-state index in [-0.39, 0.29) is 11.6 Å². The number of nitrogens with zero attached hydrogens (tertiary/aromatic N) is 3. The Bertz CT molecular complexity index is 1260. The van der Waals surface area contributed by atoms with Crippen molar-refractivity contribution in [1.29, 1.82) is 0 Å². The van der Waals surface area contributed by atoms with E-state index in [0.717, 1.165) is 29.4 Å². The molecule has 3 heterocycles. The highest BCUT2D eigenvalue weighted by molar-refractivity contribution is 6.10. The molecule has 0 unspecified atom stereocenters. The molecule has 2 aromatic carbocycles. The lowest BCUT2D eigenvalue weighted by molar-refractivity contribution is 0.101. The highest BCUT2D eigenvalue weighted by Crippen LogP contribution is 2.34. The van der Waals surface area contributed by atoms with Gasteiger partial charge in [0.2, 0.25) is 0 Å². The molecule has 0 saturated carbocycles. The van der Waals surface area contributed by atoms with E-state index in [1.54, 1.807) is 25.6 Å². The fourth-order valence-electron chi connectivity index (χ4n) is 4.24. The molecule has 1 saturated heterocycles. The number of benzene rings is 2. The van der Waals surface area contributed by atoms with Crippen molar-refractivity contribution in [3.05, 3.63) is 66.6 Å². The predicted molar refractivity (Wildman–Crippen MR) is 124 cm³/mol. The van der Waals surface area contributed by atoms with E-state index in [1.807, 2.05) is 36.4 Å². The molecule has 0 aliphatic carbocycles. The number of fused-ring (bicyclic) bond motifs is 1. The summed E-state index contributed by atoms with van der Waals surface area (Å²) in [5.41, 5.74) is 2.81. The third kappa shape index (κ3) is 3.77. The van der Waals surface area contributed by atoms with Crippen molar-refractivity contribution in [2.24, 2.45) is 0 Å². The van der Waals surface area contributed by atoms with Gasteiger partial charge in [-0.25, -0.2) is 0 Å². The third-order valence-electron chi connectivity index (χ3n) is 5.86. The van der Waals surface area contributed by atoms with Gasteiger partial charge in [0.05, 0.1) is 18.4 Å². The summed E-state index contributed by atoms with van der Waals surface area (Å²) in [6, 6.07) is 15.1. The molecule has 1 aliphatic heterocycles. The monoisotopic (exact) mass is 428 g/mol. The molecule has 7 heteroatoms. The molecule has 1 aliphatic rings. The van der Waals surface area contributed by atoms with Gasteiger partial charge in [-0.3, -0.25) is 9.78 Å². The number of para-hydroxylation sites is 1. The van der Waals surface area contributed by atoms with Gasteiger partial charge in [-0.15, -0.1) is 0 Å². The first kappa shape index (κ1) is 20.1. The van der Waals surface area contributed by atoms with Gasteiger partial charge < -0.3 is 19.5 Å². The first-order chi connectivity index (χ1) is 15.7. The Labute approximate surface area is 186 Å². The van der Waals surface area contributed by atoms with Crippen molar-refractivity contribution in [1.82, 2.24) is 10.1 Å². The van der Waals surface area contributed by atoms with Crippen LogP contribution in [0.15, 0.2) is 65.4 Å². The Morgan fingerprint density at radius 3 is 2.75 bits per heavy atom. The molecule has 1 fully saturated rings. The highest BCUT2D eigenvalue weighted by atomic mass is 16.5. The minimum Gasteiger partial charge on any atom is -0.496 e. The minimum absolute atomic E-state index is 0.197. The minimum atomic E-state index is -0.342. The number of rotatable bonds is 5. The Morgan fingerprint density at radius 2 is 1.91 bits per heavy atom. The second kappa shape index (κ2) is 8.70. The first-order valence-electron chi connectivity index (χ1n) is 10.8. The topological polar surface area (TPSA) is 80.5 Å². The number of aromatic nitrogens is 2. The van der Waals surface area contributed by atoms with E-state index in [1.165, 1.54) is 24.9 Å². The third-order valence-corrected chi connectivity index (χ3v) is 5.86. The van der Waals surface area contributed by atoms with E-state index in [0.29, 0.717) is 17.2 Å². The maximum absolute atomic E-state index is 12.9. The number of carbonyl (C=O) groups excluding carboxylic acids is 1. The van der Waals surface area contributed by atoms with E-state index < -0.39 is 0 Å². The van der Waals surface area contributed by atoms with Gasteiger partial charge in [-0.05, 0) is 49.6 Å². The molecule has 5 rings (SSSR count). The van der Waals surface area contributed by atoms with Crippen LogP contribution in [-0.4, -0.2) is 36.2 Å². The Balaban J connectivity index is 1.43. The van der Waals surface area contributed by atoms with Gasteiger partial charge >= 0.3 is 0 Å². The molecule has 1 N–H and O–H groups in total. The van der Waals surface area contributed by atoms with Crippen LogP contribution in [-0.2, 0) is 0 Å². The average Bonchev–Trinajstić information content (AvgIpc) is 3.35. The zero-order chi connectivity index (χ0) is 21.9.